The van der Waals surface area contributed by atoms with E-state index in [1.807, 2.05) is 0 Å². The zero-order valence-corrected chi connectivity index (χ0v) is 10.4. The quantitative estimate of drug-likeness (QED) is 0.787. The Balaban J connectivity index is 2.44. The number of nitrogens with zero attached hydrogens (tertiary/aromatic N) is 2. The summed E-state index contributed by atoms with van der Waals surface area (Å²) in [7, 11) is 2.75. The molecule has 0 saturated carbocycles. The second-order valence-electron chi connectivity index (χ2n) is 3.60. The molecule has 5 nitrogen and oxygen atoms in total. The summed E-state index contributed by atoms with van der Waals surface area (Å²) in [5.41, 5.74) is -0.0564. The van der Waals surface area contributed by atoms with Gasteiger partial charge in [0.1, 0.15) is 12.0 Å². The van der Waals surface area contributed by atoms with Crippen molar-refractivity contribution < 1.29 is 18.7 Å². The Morgan fingerprint density at radius 2 is 2.00 bits per heavy atom. The van der Waals surface area contributed by atoms with Crippen LogP contribution in [0.1, 0.15) is 16.1 Å². The number of hydrogen-bond acceptors (Lipinski definition) is 5. The van der Waals surface area contributed by atoms with Crippen LogP contribution in [-0.2, 0) is 0 Å². The Hall–Kier alpha value is -2.50. The third-order valence-corrected chi connectivity index (χ3v) is 2.51. The van der Waals surface area contributed by atoms with Gasteiger partial charge in [0.25, 0.3) is 0 Å². The van der Waals surface area contributed by atoms with E-state index >= 15 is 0 Å². The summed E-state index contributed by atoms with van der Waals surface area (Å²) in [4.78, 5) is 19.8. The first-order valence-electron chi connectivity index (χ1n) is 5.40. The summed E-state index contributed by atoms with van der Waals surface area (Å²) < 4.78 is 23.7. The van der Waals surface area contributed by atoms with E-state index in [-0.39, 0.29) is 22.9 Å². The van der Waals surface area contributed by atoms with Crippen molar-refractivity contribution in [3.63, 3.8) is 0 Å². The molecule has 0 fully saturated rings. The average Bonchev–Trinajstić information content (AvgIpc) is 2.47. The van der Waals surface area contributed by atoms with Crippen molar-refractivity contribution in [3.05, 3.63) is 47.7 Å². The number of rotatable bonds is 4. The summed E-state index contributed by atoms with van der Waals surface area (Å²) in [5.74, 6) is -1.03. The van der Waals surface area contributed by atoms with Crippen molar-refractivity contribution in [2.75, 3.05) is 14.2 Å². The first-order chi connectivity index (χ1) is 9.17. The molecule has 0 spiro atoms. The van der Waals surface area contributed by atoms with Gasteiger partial charge >= 0.3 is 0 Å². The molecule has 1 aromatic heterocycles. The normalized spacial score (nSPS) is 10.1. The van der Waals surface area contributed by atoms with Crippen molar-refractivity contribution in [3.8, 4) is 11.6 Å². The van der Waals surface area contributed by atoms with Crippen molar-refractivity contribution in [1.29, 1.82) is 0 Å². The highest BCUT2D eigenvalue weighted by molar-refractivity contribution is 6.08. The number of methoxy groups -OCH3 is 2. The van der Waals surface area contributed by atoms with Crippen LogP contribution >= 0.6 is 0 Å². The maximum absolute atomic E-state index is 14.0. The topological polar surface area (TPSA) is 61.3 Å². The van der Waals surface area contributed by atoms with Crippen LogP contribution in [0, 0.1) is 5.82 Å². The molecule has 0 aliphatic rings. The van der Waals surface area contributed by atoms with Crippen LogP contribution in [0.25, 0.3) is 0 Å². The molecule has 0 bridgehead atoms. The highest BCUT2D eigenvalue weighted by Gasteiger charge is 2.18. The van der Waals surface area contributed by atoms with Crippen LogP contribution in [0.15, 0.2) is 30.6 Å². The number of carbonyl (C=O) groups is 1. The number of benzene rings is 1. The van der Waals surface area contributed by atoms with Crippen molar-refractivity contribution in [1.82, 2.24) is 9.97 Å². The van der Waals surface area contributed by atoms with Gasteiger partial charge in [-0.25, -0.2) is 14.4 Å². The molecule has 0 aliphatic carbocycles. The molecule has 98 valence electrons. The Kier molecular flexibility index (Phi) is 3.70. The summed E-state index contributed by atoms with van der Waals surface area (Å²) in [6.45, 7) is 0. The molecule has 19 heavy (non-hydrogen) atoms. The molecule has 0 aliphatic heterocycles. The van der Waals surface area contributed by atoms with Gasteiger partial charge in [-0.2, -0.15) is 0 Å². The minimum absolute atomic E-state index is 0.00636. The fraction of sp³-hybridized carbons (Fsp3) is 0.154. The maximum atomic E-state index is 14.0. The molecule has 0 atom stereocenters. The predicted octanol–water partition coefficient (Wildman–Crippen LogP) is 1.86. The maximum Gasteiger partial charge on any atom is 0.216 e. The van der Waals surface area contributed by atoms with Gasteiger partial charge in [0.15, 0.2) is 11.6 Å². The minimum atomic E-state index is -0.715. The van der Waals surface area contributed by atoms with E-state index in [9.17, 15) is 9.18 Å². The van der Waals surface area contributed by atoms with E-state index in [0.717, 1.165) is 0 Å². The van der Waals surface area contributed by atoms with Crippen LogP contribution in [-0.4, -0.2) is 30.0 Å². The third-order valence-electron chi connectivity index (χ3n) is 2.51. The van der Waals surface area contributed by atoms with E-state index in [2.05, 4.69) is 9.97 Å². The molecule has 1 heterocycles. The number of hydrogen-bond donors (Lipinski definition) is 0. The van der Waals surface area contributed by atoms with Crippen LogP contribution in [0.5, 0.6) is 11.6 Å². The van der Waals surface area contributed by atoms with E-state index in [1.165, 1.54) is 44.8 Å². The highest BCUT2D eigenvalue weighted by atomic mass is 19.1. The van der Waals surface area contributed by atoms with Crippen molar-refractivity contribution >= 4 is 5.78 Å². The third kappa shape index (κ3) is 2.52. The molecule has 0 radical (unpaired) electrons. The molecule has 1 aromatic carbocycles. The summed E-state index contributed by atoms with van der Waals surface area (Å²) in [6.07, 6.45) is 1.18. The number of ketones is 1. The number of carbonyl (C=O) groups excluding carboxylic acids is 1. The number of halogens is 1. The van der Waals surface area contributed by atoms with Gasteiger partial charge in [-0.1, -0.05) is 6.07 Å². The van der Waals surface area contributed by atoms with Crippen LogP contribution in [0.4, 0.5) is 4.39 Å². The van der Waals surface area contributed by atoms with Gasteiger partial charge in [-0.3, -0.25) is 4.79 Å². The largest absolute Gasteiger partial charge is 0.494 e. The molecule has 0 unspecified atom stereocenters. The van der Waals surface area contributed by atoms with Crippen molar-refractivity contribution in [2.45, 2.75) is 0 Å². The molecule has 2 aromatic rings. The first kappa shape index (κ1) is 12.9. The zero-order valence-electron chi connectivity index (χ0n) is 10.4. The average molecular weight is 262 g/mol. The standard InChI is InChI=1S/C13H11FN2O3/c1-18-10-5-3-4-8(12(10)14)13(17)9-6-11(19-2)16-7-15-9/h3-7H,1-2H3. The smallest absolute Gasteiger partial charge is 0.216 e. The Bertz CT molecular complexity index is 617. The van der Waals surface area contributed by atoms with E-state index < -0.39 is 11.6 Å². The SMILES string of the molecule is COc1cc(C(=O)c2cccc(OC)c2F)ncn1. The predicted molar refractivity (Wildman–Crippen MR) is 65.0 cm³/mol. The second kappa shape index (κ2) is 5.43. The summed E-state index contributed by atoms with van der Waals surface area (Å²) >= 11 is 0. The van der Waals surface area contributed by atoms with Crippen LogP contribution in [0.2, 0.25) is 0 Å². The van der Waals surface area contributed by atoms with Gasteiger partial charge in [-0.05, 0) is 12.1 Å². The Morgan fingerprint density at radius 3 is 2.68 bits per heavy atom. The fourth-order valence-corrected chi connectivity index (χ4v) is 1.56. The molecule has 0 saturated heterocycles. The number of ether oxygens (including phenoxy) is 2. The van der Waals surface area contributed by atoms with Crippen molar-refractivity contribution in [2.24, 2.45) is 0 Å². The molecular weight excluding hydrogens is 251 g/mol. The molecule has 0 amide bonds. The molecule has 6 heteroatoms. The van der Waals surface area contributed by atoms with Crippen LogP contribution < -0.4 is 9.47 Å². The van der Waals surface area contributed by atoms with Crippen LogP contribution in [0.3, 0.4) is 0 Å². The zero-order chi connectivity index (χ0) is 13.8. The van der Waals surface area contributed by atoms with E-state index in [1.54, 1.807) is 0 Å². The van der Waals surface area contributed by atoms with E-state index in [4.69, 9.17) is 9.47 Å². The Labute approximate surface area is 109 Å². The molecule has 0 N–H and O–H groups in total. The van der Waals surface area contributed by atoms with Gasteiger partial charge in [0, 0.05) is 6.07 Å². The number of aromatic nitrogens is 2. The van der Waals surface area contributed by atoms with Gasteiger partial charge < -0.3 is 9.47 Å². The lowest BCUT2D eigenvalue weighted by molar-refractivity contribution is 0.102. The lowest BCUT2D eigenvalue weighted by atomic mass is 10.1. The van der Waals surface area contributed by atoms with Gasteiger partial charge in [-0.15, -0.1) is 0 Å². The molecule has 2 rings (SSSR count). The minimum Gasteiger partial charge on any atom is -0.494 e. The second-order valence-corrected chi connectivity index (χ2v) is 3.60. The summed E-state index contributed by atoms with van der Waals surface area (Å²) in [5, 5.41) is 0. The van der Waals surface area contributed by atoms with E-state index in [0.29, 0.717) is 0 Å². The lowest BCUT2D eigenvalue weighted by Crippen LogP contribution is -2.08. The van der Waals surface area contributed by atoms with Gasteiger partial charge in [0.05, 0.1) is 19.8 Å². The first-order valence-corrected chi connectivity index (χ1v) is 5.40. The monoisotopic (exact) mass is 262 g/mol. The Morgan fingerprint density at radius 1 is 1.21 bits per heavy atom. The highest BCUT2D eigenvalue weighted by Crippen LogP contribution is 2.22. The lowest BCUT2D eigenvalue weighted by Gasteiger charge is -2.06. The fourth-order valence-electron chi connectivity index (χ4n) is 1.56. The summed E-state index contributed by atoms with van der Waals surface area (Å²) in [6, 6.07) is 5.69. The molecular formula is C13H11FN2O3. The van der Waals surface area contributed by atoms with Gasteiger partial charge in [0.2, 0.25) is 11.7 Å².